The van der Waals surface area contributed by atoms with Crippen LogP contribution in [0.15, 0.2) is 40.2 Å². The number of carbonyl (C=O) groups excluding carboxylic acids is 2. The predicted molar refractivity (Wildman–Crippen MR) is 108 cm³/mol. The fourth-order valence-electron chi connectivity index (χ4n) is 3.41. The summed E-state index contributed by atoms with van der Waals surface area (Å²) in [7, 11) is -4.07. The van der Waals surface area contributed by atoms with Crippen molar-refractivity contribution in [3.63, 3.8) is 0 Å². The van der Waals surface area contributed by atoms with Crippen LogP contribution in [0.1, 0.15) is 60.4 Å². The quantitative estimate of drug-likeness (QED) is 0.711. The standard InChI is InChI=1S/C20H23N3O6S/c1-4-29-20(26)16-11-21-17-15(10-7-13(3)23(17)19(16)25)18(24)22-30(27,28)14-8-5-12(2)6-9-14/h5-6,8-9,11,13,15H,4,7,10H2,1-3H3,(H,22,24). The molecule has 1 aromatic carbocycles. The van der Waals surface area contributed by atoms with Gasteiger partial charge in [-0.15, -0.1) is 0 Å². The van der Waals surface area contributed by atoms with Crippen molar-refractivity contribution in [2.45, 2.75) is 50.5 Å². The smallest absolute Gasteiger partial charge is 0.345 e. The molecule has 1 aromatic heterocycles. The second-order valence-electron chi connectivity index (χ2n) is 7.19. The van der Waals surface area contributed by atoms with Gasteiger partial charge in [-0.05, 0) is 45.7 Å². The molecule has 1 N–H and O–H groups in total. The molecular weight excluding hydrogens is 410 g/mol. The van der Waals surface area contributed by atoms with E-state index >= 15 is 0 Å². The van der Waals surface area contributed by atoms with E-state index in [4.69, 9.17) is 4.74 Å². The number of aromatic nitrogens is 2. The maximum Gasteiger partial charge on any atom is 0.345 e. The molecule has 0 saturated carbocycles. The number of nitrogens with one attached hydrogen (secondary N) is 1. The molecular formula is C20H23N3O6S. The van der Waals surface area contributed by atoms with Gasteiger partial charge in [-0.1, -0.05) is 17.7 Å². The Morgan fingerprint density at radius 1 is 1.23 bits per heavy atom. The molecule has 30 heavy (non-hydrogen) atoms. The minimum Gasteiger partial charge on any atom is -0.462 e. The molecule has 0 aliphatic carbocycles. The van der Waals surface area contributed by atoms with Gasteiger partial charge in [-0.2, -0.15) is 0 Å². The van der Waals surface area contributed by atoms with Crippen molar-refractivity contribution in [2.75, 3.05) is 6.61 Å². The molecule has 160 valence electrons. The Bertz CT molecular complexity index is 1140. The first-order valence-corrected chi connectivity index (χ1v) is 11.1. The number of carbonyl (C=O) groups is 2. The molecule has 0 bridgehead atoms. The average molecular weight is 433 g/mol. The molecule has 2 unspecified atom stereocenters. The Morgan fingerprint density at radius 2 is 1.90 bits per heavy atom. The summed E-state index contributed by atoms with van der Waals surface area (Å²) < 4.78 is 33.4. The zero-order chi connectivity index (χ0) is 22.1. The summed E-state index contributed by atoms with van der Waals surface area (Å²) in [4.78, 5) is 41.8. The van der Waals surface area contributed by atoms with Crippen LogP contribution in [0, 0.1) is 6.92 Å². The van der Waals surface area contributed by atoms with Crippen LogP contribution < -0.4 is 10.3 Å². The van der Waals surface area contributed by atoms with Crippen LogP contribution >= 0.6 is 0 Å². The van der Waals surface area contributed by atoms with Crippen molar-refractivity contribution in [3.8, 4) is 0 Å². The molecule has 1 aliphatic heterocycles. The van der Waals surface area contributed by atoms with E-state index in [-0.39, 0.29) is 28.9 Å². The summed E-state index contributed by atoms with van der Waals surface area (Å²) in [5.41, 5.74) is 0.0575. The monoisotopic (exact) mass is 433 g/mol. The average Bonchev–Trinajstić information content (AvgIpc) is 2.68. The third kappa shape index (κ3) is 4.13. The first-order valence-electron chi connectivity index (χ1n) is 9.57. The summed E-state index contributed by atoms with van der Waals surface area (Å²) in [6, 6.07) is 5.79. The van der Waals surface area contributed by atoms with Crippen molar-refractivity contribution in [1.82, 2.24) is 14.3 Å². The fourth-order valence-corrected chi connectivity index (χ4v) is 4.43. The second kappa shape index (κ2) is 8.39. The van der Waals surface area contributed by atoms with Crippen molar-refractivity contribution < 1.29 is 22.7 Å². The van der Waals surface area contributed by atoms with Crippen LogP contribution in [0.5, 0.6) is 0 Å². The lowest BCUT2D eigenvalue weighted by Crippen LogP contribution is -2.42. The highest BCUT2D eigenvalue weighted by molar-refractivity contribution is 7.90. The van der Waals surface area contributed by atoms with Gasteiger partial charge >= 0.3 is 5.97 Å². The Labute approximate surface area is 174 Å². The molecule has 3 rings (SSSR count). The van der Waals surface area contributed by atoms with Gasteiger partial charge in [0, 0.05) is 12.2 Å². The van der Waals surface area contributed by atoms with Gasteiger partial charge < -0.3 is 4.74 Å². The molecule has 0 fully saturated rings. The van der Waals surface area contributed by atoms with Gasteiger partial charge in [0.05, 0.1) is 17.4 Å². The van der Waals surface area contributed by atoms with Crippen molar-refractivity contribution in [3.05, 3.63) is 57.8 Å². The van der Waals surface area contributed by atoms with E-state index in [2.05, 4.69) is 9.71 Å². The Morgan fingerprint density at radius 3 is 2.53 bits per heavy atom. The molecule has 2 heterocycles. The molecule has 1 aliphatic rings. The Balaban J connectivity index is 1.93. The van der Waals surface area contributed by atoms with Gasteiger partial charge in [0.2, 0.25) is 5.91 Å². The zero-order valence-corrected chi connectivity index (χ0v) is 17.7. The SMILES string of the molecule is CCOC(=O)c1cnc2n(c1=O)C(C)CCC2C(=O)NS(=O)(=O)c1ccc(C)cc1. The number of amides is 1. The van der Waals surface area contributed by atoms with Crippen LogP contribution in [0.25, 0.3) is 0 Å². The minimum atomic E-state index is -4.07. The van der Waals surface area contributed by atoms with Gasteiger partial charge in [-0.3, -0.25) is 14.2 Å². The fraction of sp³-hybridized carbons (Fsp3) is 0.400. The van der Waals surface area contributed by atoms with Crippen LogP contribution in [0.3, 0.4) is 0 Å². The number of rotatable bonds is 5. The number of benzene rings is 1. The van der Waals surface area contributed by atoms with Gasteiger partial charge in [0.1, 0.15) is 11.4 Å². The highest BCUT2D eigenvalue weighted by Crippen LogP contribution is 2.31. The van der Waals surface area contributed by atoms with E-state index < -0.39 is 33.4 Å². The minimum absolute atomic E-state index is 0.0337. The number of sulfonamides is 1. The molecule has 0 spiro atoms. The van der Waals surface area contributed by atoms with Crippen molar-refractivity contribution >= 4 is 21.9 Å². The first kappa shape index (κ1) is 21.7. The van der Waals surface area contributed by atoms with E-state index in [0.29, 0.717) is 12.8 Å². The van der Waals surface area contributed by atoms with Gasteiger partial charge in [0.15, 0.2) is 0 Å². The second-order valence-corrected chi connectivity index (χ2v) is 8.87. The highest BCUT2D eigenvalue weighted by atomic mass is 32.2. The third-order valence-electron chi connectivity index (χ3n) is 5.03. The number of nitrogens with zero attached hydrogens (tertiary/aromatic N) is 2. The van der Waals surface area contributed by atoms with Gasteiger partial charge in [0.25, 0.3) is 15.6 Å². The lowest BCUT2D eigenvalue weighted by atomic mass is 9.93. The number of aryl methyl sites for hydroxylation is 1. The Hall–Kier alpha value is -3.01. The molecule has 0 radical (unpaired) electrons. The van der Waals surface area contributed by atoms with Crippen LogP contribution in [0.4, 0.5) is 0 Å². The zero-order valence-electron chi connectivity index (χ0n) is 16.9. The van der Waals surface area contributed by atoms with Crippen LogP contribution in [-0.2, 0) is 19.6 Å². The Kier molecular flexibility index (Phi) is 6.06. The first-order chi connectivity index (χ1) is 14.2. The maximum absolute atomic E-state index is 12.8. The number of fused-ring (bicyclic) bond motifs is 1. The molecule has 10 heteroatoms. The maximum atomic E-state index is 12.8. The summed E-state index contributed by atoms with van der Waals surface area (Å²) in [5, 5.41) is 0. The largest absolute Gasteiger partial charge is 0.462 e. The lowest BCUT2D eigenvalue weighted by Gasteiger charge is -2.29. The molecule has 9 nitrogen and oxygen atoms in total. The summed E-state index contributed by atoms with van der Waals surface area (Å²) in [5.74, 6) is -2.37. The summed E-state index contributed by atoms with van der Waals surface area (Å²) in [6.07, 6.45) is 1.85. The number of hydrogen-bond acceptors (Lipinski definition) is 7. The normalized spacial score (nSPS) is 18.4. The van der Waals surface area contributed by atoms with E-state index in [0.717, 1.165) is 11.8 Å². The van der Waals surface area contributed by atoms with E-state index in [1.54, 1.807) is 26.0 Å². The summed E-state index contributed by atoms with van der Waals surface area (Å²) in [6.45, 7) is 5.33. The number of esters is 1. The number of ether oxygens (including phenoxy) is 1. The van der Waals surface area contributed by atoms with Crippen LogP contribution in [-0.4, -0.2) is 36.5 Å². The van der Waals surface area contributed by atoms with E-state index in [1.165, 1.54) is 16.7 Å². The van der Waals surface area contributed by atoms with Crippen molar-refractivity contribution in [2.24, 2.45) is 0 Å². The molecule has 2 aromatic rings. The van der Waals surface area contributed by atoms with Gasteiger partial charge in [-0.25, -0.2) is 22.9 Å². The molecule has 2 atom stereocenters. The summed E-state index contributed by atoms with van der Waals surface area (Å²) >= 11 is 0. The topological polar surface area (TPSA) is 124 Å². The highest BCUT2D eigenvalue weighted by Gasteiger charge is 2.35. The van der Waals surface area contributed by atoms with E-state index in [9.17, 15) is 22.8 Å². The van der Waals surface area contributed by atoms with Crippen molar-refractivity contribution in [1.29, 1.82) is 0 Å². The number of hydrogen-bond donors (Lipinski definition) is 1. The molecule has 0 saturated heterocycles. The third-order valence-corrected chi connectivity index (χ3v) is 6.39. The predicted octanol–water partition coefficient (Wildman–Crippen LogP) is 1.67. The lowest BCUT2D eigenvalue weighted by molar-refractivity contribution is -0.121. The van der Waals surface area contributed by atoms with E-state index in [1.807, 2.05) is 6.92 Å². The molecule has 1 amide bonds. The van der Waals surface area contributed by atoms with Crippen LogP contribution in [0.2, 0.25) is 0 Å².